The number of aryl methyl sites for hydroxylation is 3. The van der Waals surface area contributed by atoms with Crippen LogP contribution in [-0.4, -0.2) is 22.0 Å². The van der Waals surface area contributed by atoms with Crippen LogP contribution >= 0.6 is 11.8 Å². The van der Waals surface area contributed by atoms with E-state index in [0.29, 0.717) is 6.61 Å². The van der Waals surface area contributed by atoms with Crippen LogP contribution in [0.1, 0.15) is 59.9 Å². The Hall–Kier alpha value is -3.31. The molecule has 0 N–H and O–H groups in total. The number of hydrogen-bond acceptors (Lipinski definition) is 4. The first-order valence-corrected chi connectivity index (χ1v) is 14.0. The van der Waals surface area contributed by atoms with Gasteiger partial charge in [-0.2, -0.15) is 0 Å². The monoisotopic (exact) mass is 510 g/mol. The van der Waals surface area contributed by atoms with Crippen LogP contribution in [0.25, 0.3) is 6.08 Å². The van der Waals surface area contributed by atoms with Gasteiger partial charge in [0.15, 0.2) is 5.17 Å². The van der Waals surface area contributed by atoms with E-state index in [1.165, 1.54) is 53.3 Å². The van der Waals surface area contributed by atoms with Crippen LogP contribution < -0.4 is 4.74 Å². The molecule has 3 aromatic carbocycles. The second kappa shape index (κ2) is 11.4. The lowest BCUT2D eigenvalue weighted by Gasteiger charge is -2.30. The fourth-order valence-electron chi connectivity index (χ4n) is 5.24. The molecule has 2 fully saturated rings. The average molecular weight is 511 g/mol. The van der Waals surface area contributed by atoms with Gasteiger partial charge < -0.3 is 4.74 Å². The normalized spacial score (nSPS) is 18.7. The van der Waals surface area contributed by atoms with Crippen molar-refractivity contribution in [3.05, 3.63) is 99.5 Å². The molecule has 0 spiro atoms. The Morgan fingerprint density at radius 3 is 2.30 bits per heavy atom. The summed E-state index contributed by atoms with van der Waals surface area (Å²) >= 11 is 1.48. The third kappa shape index (κ3) is 5.99. The topological polar surface area (TPSA) is 41.9 Å². The number of carbonyl (C=O) groups excluding carboxylic acids is 1. The van der Waals surface area contributed by atoms with Gasteiger partial charge in [-0.25, -0.2) is 4.99 Å². The van der Waals surface area contributed by atoms with Gasteiger partial charge in [0.05, 0.1) is 10.6 Å². The molecule has 0 radical (unpaired) electrons. The third-order valence-electron chi connectivity index (χ3n) is 7.16. The molecule has 2 aliphatic rings. The van der Waals surface area contributed by atoms with Gasteiger partial charge in [0.2, 0.25) is 0 Å². The maximum Gasteiger partial charge on any atom is 0.267 e. The fraction of sp³-hybridized carbons (Fsp3) is 0.312. The number of amides is 1. The van der Waals surface area contributed by atoms with Crippen molar-refractivity contribution in [2.24, 2.45) is 4.99 Å². The molecular formula is C32H34N2O2S. The standard InChI is InChI=1S/C32H34N2O2S/c1-22-18-23(2)29(24(3)19-22)21-36-28-16-14-25(15-17-28)20-30-31(35)34(27-12-8-5-9-13-27)32(37-30)33-26-10-6-4-7-11-26/h4,6-7,10-11,14-20,27H,5,8-9,12-13,21H2,1-3H3/b30-20-,33-32?. The Balaban J connectivity index is 1.33. The number of thioether (sulfide) groups is 1. The van der Waals surface area contributed by atoms with Gasteiger partial charge in [-0.3, -0.25) is 9.69 Å². The number of nitrogens with zero attached hydrogens (tertiary/aromatic N) is 2. The smallest absolute Gasteiger partial charge is 0.267 e. The Morgan fingerprint density at radius 1 is 0.946 bits per heavy atom. The van der Waals surface area contributed by atoms with Crippen molar-refractivity contribution in [3.63, 3.8) is 0 Å². The van der Waals surface area contributed by atoms with Crippen molar-refractivity contribution < 1.29 is 9.53 Å². The lowest BCUT2D eigenvalue weighted by molar-refractivity contribution is -0.124. The van der Waals surface area contributed by atoms with Gasteiger partial charge in [-0.15, -0.1) is 0 Å². The second-order valence-electron chi connectivity index (χ2n) is 10.0. The van der Waals surface area contributed by atoms with Crippen LogP contribution in [0.15, 0.2) is 76.6 Å². The Bertz CT molecular complexity index is 1300. The Morgan fingerprint density at radius 2 is 1.62 bits per heavy atom. The minimum atomic E-state index is 0.0669. The molecule has 37 heavy (non-hydrogen) atoms. The van der Waals surface area contributed by atoms with Crippen LogP contribution in [0.4, 0.5) is 5.69 Å². The molecular weight excluding hydrogens is 476 g/mol. The molecule has 1 saturated carbocycles. The van der Waals surface area contributed by atoms with Crippen molar-refractivity contribution in [1.29, 1.82) is 0 Å². The van der Waals surface area contributed by atoms with E-state index < -0.39 is 0 Å². The van der Waals surface area contributed by atoms with Gasteiger partial charge in [-0.1, -0.05) is 67.3 Å². The summed E-state index contributed by atoms with van der Waals surface area (Å²) in [7, 11) is 0. The summed E-state index contributed by atoms with van der Waals surface area (Å²) in [5, 5.41) is 0.790. The summed E-state index contributed by atoms with van der Waals surface area (Å²) in [6.45, 7) is 6.94. The molecule has 0 aromatic heterocycles. The highest BCUT2D eigenvalue weighted by Crippen LogP contribution is 2.38. The average Bonchev–Trinajstić information content (AvgIpc) is 3.19. The van der Waals surface area contributed by atoms with Crippen LogP contribution in [0.5, 0.6) is 5.75 Å². The van der Waals surface area contributed by atoms with E-state index >= 15 is 0 Å². The third-order valence-corrected chi connectivity index (χ3v) is 8.14. The maximum atomic E-state index is 13.6. The molecule has 5 rings (SSSR count). The zero-order chi connectivity index (χ0) is 25.8. The first kappa shape index (κ1) is 25.3. The van der Waals surface area contributed by atoms with Crippen LogP contribution in [0.2, 0.25) is 0 Å². The minimum Gasteiger partial charge on any atom is -0.489 e. The van der Waals surface area contributed by atoms with Gasteiger partial charge >= 0.3 is 0 Å². The van der Waals surface area contributed by atoms with Crippen molar-refractivity contribution in [1.82, 2.24) is 4.90 Å². The maximum absolute atomic E-state index is 13.6. The van der Waals surface area contributed by atoms with E-state index in [0.717, 1.165) is 39.9 Å². The number of amidine groups is 1. The molecule has 1 aliphatic carbocycles. The van der Waals surface area contributed by atoms with Gasteiger partial charge in [0.25, 0.3) is 5.91 Å². The van der Waals surface area contributed by atoms with E-state index in [-0.39, 0.29) is 11.9 Å². The second-order valence-corrected chi connectivity index (χ2v) is 11.1. The zero-order valence-electron chi connectivity index (χ0n) is 21.9. The summed E-state index contributed by atoms with van der Waals surface area (Å²) in [6.07, 6.45) is 7.64. The molecule has 1 saturated heterocycles. The van der Waals surface area contributed by atoms with Gasteiger partial charge in [0, 0.05) is 6.04 Å². The minimum absolute atomic E-state index is 0.0669. The lowest BCUT2D eigenvalue weighted by Crippen LogP contribution is -2.40. The van der Waals surface area contributed by atoms with Crippen LogP contribution in [0.3, 0.4) is 0 Å². The number of hydrogen-bond donors (Lipinski definition) is 0. The number of ether oxygens (including phenoxy) is 1. The predicted molar refractivity (Wildman–Crippen MR) is 154 cm³/mol. The fourth-order valence-corrected chi connectivity index (χ4v) is 6.30. The van der Waals surface area contributed by atoms with E-state index in [9.17, 15) is 4.79 Å². The highest BCUT2D eigenvalue weighted by Gasteiger charge is 2.38. The summed E-state index contributed by atoms with van der Waals surface area (Å²) in [4.78, 5) is 21.1. The number of rotatable bonds is 6. The van der Waals surface area contributed by atoms with E-state index in [4.69, 9.17) is 9.73 Å². The van der Waals surface area contributed by atoms with Gasteiger partial charge in [0.1, 0.15) is 12.4 Å². The van der Waals surface area contributed by atoms with Crippen molar-refractivity contribution >= 4 is 34.6 Å². The number of benzene rings is 3. The molecule has 1 aliphatic heterocycles. The molecule has 1 heterocycles. The van der Waals surface area contributed by atoms with Crippen molar-refractivity contribution in [2.75, 3.05) is 0 Å². The number of aliphatic imine (C=N–C) groups is 1. The lowest BCUT2D eigenvalue weighted by atomic mass is 9.94. The summed E-state index contributed by atoms with van der Waals surface area (Å²) in [6, 6.07) is 22.5. The molecule has 4 nitrogen and oxygen atoms in total. The molecule has 0 atom stereocenters. The number of carbonyl (C=O) groups is 1. The highest BCUT2D eigenvalue weighted by molar-refractivity contribution is 8.18. The van der Waals surface area contributed by atoms with E-state index in [2.05, 4.69) is 32.9 Å². The van der Waals surface area contributed by atoms with Crippen LogP contribution in [-0.2, 0) is 11.4 Å². The molecule has 3 aromatic rings. The first-order chi connectivity index (χ1) is 18.0. The Labute approximate surface area is 224 Å². The highest BCUT2D eigenvalue weighted by atomic mass is 32.2. The van der Waals surface area contributed by atoms with E-state index in [1.54, 1.807) is 0 Å². The SMILES string of the molecule is Cc1cc(C)c(COc2ccc(/C=C3\SC(=Nc4ccccc4)N(C4CCCCC4)C3=O)cc2)c(C)c1. The quantitative estimate of drug-likeness (QED) is 0.314. The molecule has 0 bridgehead atoms. The number of para-hydroxylation sites is 1. The van der Waals surface area contributed by atoms with Crippen LogP contribution in [0, 0.1) is 20.8 Å². The molecule has 190 valence electrons. The summed E-state index contributed by atoms with van der Waals surface area (Å²) < 4.78 is 6.10. The largest absolute Gasteiger partial charge is 0.489 e. The predicted octanol–water partition coefficient (Wildman–Crippen LogP) is 8.13. The van der Waals surface area contributed by atoms with Crippen molar-refractivity contribution in [2.45, 2.75) is 65.5 Å². The Kier molecular flexibility index (Phi) is 7.80. The van der Waals surface area contributed by atoms with Crippen molar-refractivity contribution in [3.8, 4) is 5.75 Å². The zero-order valence-corrected chi connectivity index (χ0v) is 22.7. The first-order valence-electron chi connectivity index (χ1n) is 13.1. The molecule has 5 heteroatoms. The van der Waals surface area contributed by atoms with Gasteiger partial charge in [-0.05, 0) is 98.0 Å². The molecule has 1 amide bonds. The summed E-state index contributed by atoms with van der Waals surface area (Å²) in [5.74, 6) is 0.888. The summed E-state index contributed by atoms with van der Waals surface area (Å²) in [5.41, 5.74) is 6.88. The van der Waals surface area contributed by atoms with E-state index in [1.807, 2.05) is 65.6 Å². The molecule has 0 unspecified atom stereocenters.